The van der Waals surface area contributed by atoms with Crippen molar-refractivity contribution in [1.82, 2.24) is 5.32 Å². The summed E-state index contributed by atoms with van der Waals surface area (Å²) in [5, 5.41) is 3.09. The van der Waals surface area contributed by atoms with Gasteiger partial charge in [-0.15, -0.1) is 0 Å². The van der Waals surface area contributed by atoms with Crippen LogP contribution in [0.3, 0.4) is 0 Å². The minimum absolute atomic E-state index is 0.0399. The molecule has 2 saturated carbocycles. The normalized spacial score (nSPS) is 29.0. The Morgan fingerprint density at radius 1 is 1.21 bits per heavy atom. The van der Waals surface area contributed by atoms with Gasteiger partial charge in [-0.05, 0) is 54.9 Å². The van der Waals surface area contributed by atoms with Gasteiger partial charge in [-0.1, -0.05) is 18.6 Å². The summed E-state index contributed by atoms with van der Waals surface area (Å²) in [6, 6.07) is 6.48. The molecule has 0 radical (unpaired) electrons. The van der Waals surface area contributed by atoms with Crippen molar-refractivity contribution in [3.05, 3.63) is 41.7 Å². The maximum absolute atomic E-state index is 12.7. The molecule has 0 heterocycles. The van der Waals surface area contributed by atoms with E-state index in [1.54, 1.807) is 24.3 Å². The monoisotopic (exact) mass is 259 g/mol. The summed E-state index contributed by atoms with van der Waals surface area (Å²) in [6.45, 7) is 0. The van der Waals surface area contributed by atoms with Crippen molar-refractivity contribution in [3.8, 4) is 0 Å². The van der Waals surface area contributed by atoms with Crippen molar-refractivity contribution in [2.75, 3.05) is 0 Å². The number of carbonyl (C=O) groups is 1. The van der Waals surface area contributed by atoms with E-state index < -0.39 is 0 Å². The summed E-state index contributed by atoms with van der Waals surface area (Å²) < 4.78 is 12.7. The van der Waals surface area contributed by atoms with E-state index in [2.05, 4.69) is 5.32 Å². The Labute approximate surface area is 112 Å². The second-order valence-corrected chi connectivity index (χ2v) is 5.67. The Balaban J connectivity index is 1.55. The van der Waals surface area contributed by atoms with E-state index in [4.69, 9.17) is 0 Å². The van der Waals surface area contributed by atoms with Gasteiger partial charge >= 0.3 is 0 Å². The van der Waals surface area contributed by atoms with Crippen LogP contribution in [0.25, 0.3) is 6.08 Å². The molecule has 0 aromatic heterocycles. The van der Waals surface area contributed by atoms with E-state index in [0.29, 0.717) is 12.0 Å². The Morgan fingerprint density at radius 2 is 2.00 bits per heavy atom. The van der Waals surface area contributed by atoms with E-state index >= 15 is 0 Å². The molecule has 0 saturated heterocycles. The van der Waals surface area contributed by atoms with Crippen molar-refractivity contribution in [1.29, 1.82) is 0 Å². The molecule has 2 bridgehead atoms. The van der Waals surface area contributed by atoms with Gasteiger partial charge in [0.15, 0.2) is 0 Å². The average Bonchev–Trinajstić information content (AvgIpc) is 3.00. The number of hydrogen-bond donors (Lipinski definition) is 1. The molecular formula is C16H18FNO. The number of rotatable bonds is 3. The molecule has 0 spiro atoms. The molecule has 0 aliphatic heterocycles. The first-order valence-corrected chi connectivity index (χ1v) is 6.95. The number of halogens is 1. The van der Waals surface area contributed by atoms with Gasteiger partial charge in [-0.2, -0.15) is 0 Å². The molecule has 1 aromatic rings. The van der Waals surface area contributed by atoms with Crippen LogP contribution in [0.1, 0.15) is 31.2 Å². The highest BCUT2D eigenvalue weighted by molar-refractivity contribution is 5.91. The van der Waals surface area contributed by atoms with Gasteiger partial charge < -0.3 is 5.32 Å². The molecule has 1 aromatic carbocycles. The summed E-state index contributed by atoms with van der Waals surface area (Å²) >= 11 is 0. The molecule has 0 unspecified atom stereocenters. The highest BCUT2D eigenvalue weighted by atomic mass is 19.1. The summed E-state index contributed by atoms with van der Waals surface area (Å²) in [5.74, 6) is 1.22. The minimum Gasteiger partial charge on any atom is -0.350 e. The number of nitrogens with one attached hydrogen (secondary N) is 1. The van der Waals surface area contributed by atoms with Gasteiger partial charge in [0.25, 0.3) is 0 Å². The predicted molar refractivity (Wildman–Crippen MR) is 72.8 cm³/mol. The fraction of sp³-hybridized carbons (Fsp3) is 0.438. The second kappa shape index (κ2) is 5.16. The van der Waals surface area contributed by atoms with Crippen molar-refractivity contribution in [2.45, 2.75) is 31.7 Å². The average molecular weight is 259 g/mol. The van der Waals surface area contributed by atoms with Crippen LogP contribution in [0.4, 0.5) is 4.39 Å². The van der Waals surface area contributed by atoms with Gasteiger partial charge in [0.2, 0.25) is 5.91 Å². The van der Waals surface area contributed by atoms with Crippen molar-refractivity contribution >= 4 is 12.0 Å². The molecule has 2 aliphatic carbocycles. The fourth-order valence-electron chi connectivity index (χ4n) is 3.40. The molecule has 2 nitrogen and oxygen atoms in total. The van der Waals surface area contributed by atoms with Gasteiger partial charge in [0.05, 0.1) is 0 Å². The van der Waals surface area contributed by atoms with Gasteiger partial charge in [-0.25, -0.2) is 4.39 Å². The quantitative estimate of drug-likeness (QED) is 0.830. The molecule has 3 atom stereocenters. The van der Waals surface area contributed by atoms with Crippen LogP contribution in [0, 0.1) is 17.7 Å². The molecule has 1 amide bonds. The maximum atomic E-state index is 12.7. The first-order valence-electron chi connectivity index (χ1n) is 6.95. The Hall–Kier alpha value is -1.64. The predicted octanol–water partition coefficient (Wildman–Crippen LogP) is 3.14. The Morgan fingerprint density at radius 3 is 2.63 bits per heavy atom. The van der Waals surface area contributed by atoms with Crippen LogP contribution in [-0.4, -0.2) is 11.9 Å². The van der Waals surface area contributed by atoms with E-state index in [1.165, 1.54) is 31.4 Å². The van der Waals surface area contributed by atoms with Crippen LogP contribution in [0.15, 0.2) is 30.3 Å². The zero-order valence-electron chi connectivity index (χ0n) is 10.8. The lowest BCUT2D eigenvalue weighted by Crippen LogP contribution is -2.37. The third-order valence-corrected chi connectivity index (χ3v) is 4.36. The van der Waals surface area contributed by atoms with E-state index in [9.17, 15) is 9.18 Å². The highest BCUT2D eigenvalue weighted by Gasteiger charge is 2.39. The topological polar surface area (TPSA) is 29.1 Å². The lowest BCUT2D eigenvalue weighted by molar-refractivity contribution is -0.117. The van der Waals surface area contributed by atoms with Crippen LogP contribution in [0.5, 0.6) is 0 Å². The number of hydrogen-bond acceptors (Lipinski definition) is 1. The standard InChI is InChI=1S/C16H18FNO/c17-14-6-2-11(3-7-14)4-8-16(19)18-15-10-12-1-5-13(15)9-12/h2-4,6-8,12-13,15H,1,5,9-10H2,(H,18,19)/b8-4+/t12-,13-,15-/m1/s1. The molecular weight excluding hydrogens is 241 g/mol. The molecule has 2 fully saturated rings. The molecule has 100 valence electrons. The van der Waals surface area contributed by atoms with E-state index in [-0.39, 0.29) is 11.7 Å². The fourth-order valence-corrected chi connectivity index (χ4v) is 3.40. The Bertz CT molecular complexity index is 494. The second-order valence-electron chi connectivity index (χ2n) is 5.67. The smallest absolute Gasteiger partial charge is 0.244 e. The number of amides is 1. The first kappa shape index (κ1) is 12.4. The zero-order chi connectivity index (χ0) is 13.2. The molecule has 3 rings (SSSR count). The van der Waals surface area contributed by atoms with Gasteiger partial charge in [0.1, 0.15) is 5.82 Å². The molecule has 1 N–H and O–H groups in total. The van der Waals surface area contributed by atoms with E-state index in [0.717, 1.165) is 17.9 Å². The summed E-state index contributed by atoms with van der Waals surface area (Å²) in [4.78, 5) is 11.8. The lowest BCUT2D eigenvalue weighted by atomic mass is 9.95. The van der Waals surface area contributed by atoms with Gasteiger partial charge in [0, 0.05) is 12.1 Å². The summed E-state index contributed by atoms with van der Waals surface area (Å²) in [5.41, 5.74) is 0.837. The summed E-state index contributed by atoms with van der Waals surface area (Å²) in [7, 11) is 0. The van der Waals surface area contributed by atoms with E-state index in [1.807, 2.05) is 0 Å². The SMILES string of the molecule is O=C(/C=C/c1ccc(F)cc1)N[C@@H]1C[C@@H]2CC[C@@H]1C2. The van der Waals surface area contributed by atoms with Crippen LogP contribution in [0.2, 0.25) is 0 Å². The molecule has 2 aliphatic rings. The third kappa shape index (κ3) is 2.86. The summed E-state index contributed by atoms with van der Waals surface area (Å²) in [6.07, 6.45) is 8.29. The molecule has 19 heavy (non-hydrogen) atoms. The van der Waals surface area contributed by atoms with Crippen molar-refractivity contribution < 1.29 is 9.18 Å². The largest absolute Gasteiger partial charge is 0.350 e. The van der Waals surface area contributed by atoms with Crippen molar-refractivity contribution in [3.63, 3.8) is 0 Å². The van der Waals surface area contributed by atoms with Crippen LogP contribution >= 0.6 is 0 Å². The Kier molecular flexibility index (Phi) is 3.36. The maximum Gasteiger partial charge on any atom is 0.244 e. The minimum atomic E-state index is -0.261. The van der Waals surface area contributed by atoms with Crippen molar-refractivity contribution in [2.24, 2.45) is 11.8 Å². The number of fused-ring (bicyclic) bond motifs is 2. The van der Waals surface area contributed by atoms with Crippen LogP contribution < -0.4 is 5.32 Å². The zero-order valence-corrected chi connectivity index (χ0v) is 10.8. The highest BCUT2D eigenvalue weighted by Crippen LogP contribution is 2.44. The number of benzene rings is 1. The third-order valence-electron chi connectivity index (χ3n) is 4.36. The number of carbonyl (C=O) groups excluding carboxylic acids is 1. The van der Waals surface area contributed by atoms with Gasteiger partial charge in [-0.3, -0.25) is 4.79 Å². The molecule has 3 heteroatoms. The first-order chi connectivity index (χ1) is 9.20. The lowest BCUT2D eigenvalue weighted by Gasteiger charge is -2.22. The van der Waals surface area contributed by atoms with Crippen LogP contribution in [-0.2, 0) is 4.79 Å².